The molecule has 7 heteroatoms. The van der Waals surface area contributed by atoms with E-state index in [-0.39, 0.29) is 11.5 Å². The van der Waals surface area contributed by atoms with Gasteiger partial charge in [-0.15, -0.1) is 0 Å². The standard InChI is InChI=1S/C11H21N3O3S/c1-12(2)5-6-14(4)18(16,17)11-7-10(9-15)13(3)8-11/h7-8,15H,5-6,9H2,1-4H3. The molecule has 1 N–H and O–H groups in total. The maximum absolute atomic E-state index is 12.2. The number of hydrogen-bond donors (Lipinski definition) is 1. The predicted octanol–water partition coefficient (Wildman–Crippen LogP) is -0.300. The molecule has 0 spiro atoms. The van der Waals surface area contributed by atoms with E-state index in [1.807, 2.05) is 19.0 Å². The number of likely N-dealkylation sites (N-methyl/N-ethyl adjacent to an activating group) is 2. The Balaban J connectivity index is 2.91. The summed E-state index contributed by atoms with van der Waals surface area (Å²) >= 11 is 0. The second-order valence-electron chi connectivity index (χ2n) is 4.57. The molecule has 104 valence electrons. The Morgan fingerprint density at radius 1 is 1.28 bits per heavy atom. The number of aryl methyl sites for hydroxylation is 1. The molecule has 1 heterocycles. The fourth-order valence-corrected chi connectivity index (χ4v) is 2.77. The first-order valence-electron chi connectivity index (χ1n) is 5.66. The van der Waals surface area contributed by atoms with E-state index in [1.54, 1.807) is 18.7 Å². The van der Waals surface area contributed by atoms with Crippen LogP contribution in [0.1, 0.15) is 5.69 Å². The average Bonchev–Trinajstić information content (AvgIpc) is 2.67. The van der Waals surface area contributed by atoms with Crippen LogP contribution in [-0.4, -0.2) is 61.5 Å². The highest BCUT2D eigenvalue weighted by molar-refractivity contribution is 7.89. The Labute approximate surface area is 108 Å². The van der Waals surface area contributed by atoms with Crippen LogP contribution >= 0.6 is 0 Å². The van der Waals surface area contributed by atoms with Crippen LogP contribution in [0.15, 0.2) is 17.2 Å². The first-order chi connectivity index (χ1) is 8.28. The topological polar surface area (TPSA) is 65.8 Å². The minimum atomic E-state index is -3.47. The van der Waals surface area contributed by atoms with Crippen molar-refractivity contribution in [2.75, 3.05) is 34.2 Å². The smallest absolute Gasteiger partial charge is 0.244 e. The Bertz CT molecular complexity index is 494. The summed E-state index contributed by atoms with van der Waals surface area (Å²) in [6, 6.07) is 1.50. The summed E-state index contributed by atoms with van der Waals surface area (Å²) in [5.74, 6) is 0. The lowest BCUT2D eigenvalue weighted by Gasteiger charge is -2.18. The van der Waals surface area contributed by atoms with Gasteiger partial charge in [0, 0.05) is 39.1 Å². The van der Waals surface area contributed by atoms with Crippen molar-refractivity contribution < 1.29 is 13.5 Å². The third kappa shape index (κ3) is 3.32. The Hall–Kier alpha value is -0.890. The zero-order valence-corrected chi connectivity index (χ0v) is 12.1. The number of sulfonamides is 1. The van der Waals surface area contributed by atoms with Gasteiger partial charge in [0.15, 0.2) is 0 Å². The van der Waals surface area contributed by atoms with Crippen LogP contribution < -0.4 is 0 Å². The van der Waals surface area contributed by atoms with Crippen LogP contribution in [0.3, 0.4) is 0 Å². The monoisotopic (exact) mass is 275 g/mol. The number of hydrogen-bond acceptors (Lipinski definition) is 4. The molecule has 0 radical (unpaired) electrons. The fraction of sp³-hybridized carbons (Fsp3) is 0.636. The largest absolute Gasteiger partial charge is 0.390 e. The summed E-state index contributed by atoms with van der Waals surface area (Å²) in [5.41, 5.74) is 0.578. The van der Waals surface area contributed by atoms with Crippen molar-refractivity contribution in [1.82, 2.24) is 13.8 Å². The van der Waals surface area contributed by atoms with Crippen LogP contribution in [-0.2, 0) is 23.7 Å². The second kappa shape index (κ2) is 5.83. The van der Waals surface area contributed by atoms with E-state index in [0.29, 0.717) is 18.8 Å². The molecule has 0 bridgehead atoms. The van der Waals surface area contributed by atoms with E-state index in [9.17, 15) is 8.42 Å². The van der Waals surface area contributed by atoms with Crippen molar-refractivity contribution in [2.45, 2.75) is 11.5 Å². The fourth-order valence-electron chi connectivity index (χ4n) is 1.52. The molecule has 1 rings (SSSR count). The Kier molecular flexibility index (Phi) is 4.92. The van der Waals surface area contributed by atoms with E-state index >= 15 is 0 Å². The normalized spacial score (nSPS) is 12.6. The van der Waals surface area contributed by atoms with Crippen molar-refractivity contribution in [2.24, 2.45) is 7.05 Å². The molecule has 0 aromatic carbocycles. The summed E-state index contributed by atoms with van der Waals surface area (Å²) in [5, 5.41) is 9.08. The van der Waals surface area contributed by atoms with Gasteiger partial charge in [-0.05, 0) is 20.2 Å². The zero-order valence-electron chi connectivity index (χ0n) is 11.3. The molecule has 1 aromatic rings. The summed E-state index contributed by atoms with van der Waals surface area (Å²) in [7, 11) is 3.59. The number of nitrogens with zero attached hydrogens (tertiary/aromatic N) is 3. The number of aromatic nitrogens is 1. The molecule has 0 fully saturated rings. The van der Waals surface area contributed by atoms with Gasteiger partial charge in [0.1, 0.15) is 4.90 Å². The molecule has 0 saturated carbocycles. The van der Waals surface area contributed by atoms with Gasteiger partial charge in [-0.3, -0.25) is 0 Å². The summed E-state index contributed by atoms with van der Waals surface area (Å²) in [6.07, 6.45) is 1.52. The lowest BCUT2D eigenvalue weighted by Crippen LogP contribution is -2.33. The highest BCUT2D eigenvalue weighted by atomic mass is 32.2. The summed E-state index contributed by atoms with van der Waals surface area (Å²) in [6.45, 7) is 0.918. The van der Waals surface area contributed by atoms with E-state index in [1.165, 1.54) is 16.6 Å². The van der Waals surface area contributed by atoms with Crippen molar-refractivity contribution in [3.8, 4) is 0 Å². The molecular weight excluding hydrogens is 254 g/mol. The van der Waals surface area contributed by atoms with Crippen LogP contribution in [0, 0.1) is 0 Å². The second-order valence-corrected chi connectivity index (χ2v) is 6.61. The van der Waals surface area contributed by atoms with Crippen LogP contribution in [0.2, 0.25) is 0 Å². The first kappa shape index (κ1) is 15.2. The predicted molar refractivity (Wildman–Crippen MR) is 69.7 cm³/mol. The first-order valence-corrected chi connectivity index (χ1v) is 7.10. The van der Waals surface area contributed by atoms with E-state index < -0.39 is 10.0 Å². The van der Waals surface area contributed by atoms with Gasteiger partial charge in [0.2, 0.25) is 10.0 Å². The van der Waals surface area contributed by atoms with E-state index in [0.717, 1.165) is 0 Å². The van der Waals surface area contributed by atoms with Gasteiger partial charge in [-0.1, -0.05) is 0 Å². The van der Waals surface area contributed by atoms with Crippen molar-refractivity contribution in [3.63, 3.8) is 0 Å². The quantitative estimate of drug-likeness (QED) is 0.774. The molecule has 0 unspecified atom stereocenters. The van der Waals surface area contributed by atoms with Gasteiger partial charge < -0.3 is 14.6 Å². The molecule has 0 aliphatic carbocycles. The molecule has 0 amide bonds. The lowest BCUT2D eigenvalue weighted by molar-refractivity contribution is 0.272. The zero-order chi connectivity index (χ0) is 13.9. The van der Waals surface area contributed by atoms with Crippen LogP contribution in [0.25, 0.3) is 0 Å². The minimum Gasteiger partial charge on any atom is -0.390 e. The van der Waals surface area contributed by atoms with Gasteiger partial charge in [0.05, 0.1) is 6.61 Å². The van der Waals surface area contributed by atoms with E-state index in [2.05, 4.69) is 0 Å². The van der Waals surface area contributed by atoms with E-state index in [4.69, 9.17) is 5.11 Å². The number of aliphatic hydroxyl groups excluding tert-OH is 1. The minimum absolute atomic E-state index is 0.173. The van der Waals surface area contributed by atoms with Crippen molar-refractivity contribution >= 4 is 10.0 Å². The third-order valence-corrected chi connectivity index (χ3v) is 4.64. The Morgan fingerprint density at radius 3 is 2.33 bits per heavy atom. The highest BCUT2D eigenvalue weighted by Gasteiger charge is 2.22. The lowest BCUT2D eigenvalue weighted by atomic mass is 10.5. The number of aliphatic hydroxyl groups is 1. The molecule has 0 aliphatic heterocycles. The van der Waals surface area contributed by atoms with Crippen LogP contribution in [0.5, 0.6) is 0 Å². The number of rotatable bonds is 6. The van der Waals surface area contributed by atoms with Crippen LogP contribution in [0.4, 0.5) is 0 Å². The van der Waals surface area contributed by atoms with Gasteiger partial charge in [-0.2, -0.15) is 4.31 Å². The van der Waals surface area contributed by atoms with Crippen molar-refractivity contribution in [3.05, 3.63) is 18.0 Å². The molecular formula is C11H21N3O3S. The summed E-state index contributed by atoms with van der Waals surface area (Å²) in [4.78, 5) is 2.14. The molecule has 0 saturated heterocycles. The maximum Gasteiger partial charge on any atom is 0.244 e. The molecule has 1 aromatic heterocycles. The molecule has 0 aliphatic rings. The SMILES string of the molecule is CN(C)CCN(C)S(=O)(=O)c1cc(CO)n(C)c1. The van der Waals surface area contributed by atoms with Crippen molar-refractivity contribution in [1.29, 1.82) is 0 Å². The van der Waals surface area contributed by atoms with Gasteiger partial charge in [-0.25, -0.2) is 8.42 Å². The third-order valence-electron chi connectivity index (χ3n) is 2.82. The highest BCUT2D eigenvalue weighted by Crippen LogP contribution is 2.17. The summed E-state index contributed by atoms with van der Waals surface area (Å²) < 4.78 is 27.4. The maximum atomic E-state index is 12.2. The van der Waals surface area contributed by atoms with Gasteiger partial charge in [0.25, 0.3) is 0 Å². The molecule has 18 heavy (non-hydrogen) atoms. The average molecular weight is 275 g/mol. The Morgan fingerprint density at radius 2 is 1.89 bits per heavy atom. The molecule has 6 nitrogen and oxygen atoms in total. The van der Waals surface area contributed by atoms with Gasteiger partial charge >= 0.3 is 0 Å². The molecule has 0 atom stereocenters.